The molecule has 2 aromatic carbocycles. The number of hydrogen-bond donors (Lipinski definition) is 0. The van der Waals surface area contributed by atoms with Gasteiger partial charge in [0, 0.05) is 43.2 Å². The largest absolute Gasteiger partial charge is 0.340 e. The number of rotatable bonds is 4. The van der Waals surface area contributed by atoms with Crippen LogP contribution in [0, 0.1) is 12.7 Å². The molecule has 5 nitrogen and oxygen atoms in total. The highest BCUT2D eigenvalue weighted by atomic mass is 32.1. The molecule has 3 heterocycles. The fourth-order valence-electron chi connectivity index (χ4n) is 5.54. The van der Waals surface area contributed by atoms with E-state index in [1.165, 1.54) is 33.7 Å². The smallest absolute Gasteiger partial charge is 0.254 e. The quantitative estimate of drug-likeness (QED) is 0.506. The van der Waals surface area contributed by atoms with Crippen molar-refractivity contribution in [3.63, 3.8) is 0 Å². The molecule has 0 bridgehead atoms. The van der Waals surface area contributed by atoms with E-state index >= 15 is 0 Å². The second-order valence-corrected chi connectivity index (χ2v) is 10.7. The van der Waals surface area contributed by atoms with Crippen LogP contribution in [-0.2, 0) is 11.2 Å². The summed E-state index contributed by atoms with van der Waals surface area (Å²) in [5.74, 6) is -0.496. The number of halogens is 1. The number of thiophene rings is 1. The van der Waals surface area contributed by atoms with Gasteiger partial charge in [0.2, 0.25) is 5.91 Å². The molecule has 36 heavy (non-hydrogen) atoms. The minimum absolute atomic E-state index is 0.0539. The van der Waals surface area contributed by atoms with E-state index in [2.05, 4.69) is 47.5 Å². The second kappa shape index (κ2) is 10.5. The SMILES string of the molecule is Cc1ccccc1[C@H]1c2ccsc2CCN1[C@H](C)C(=O)N1CCCN(C(=O)c2cccc(F)c2)CC1. The van der Waals surface area contributed by atoms with Crippen LogP contribution >= 0.6 is 11.3 Å². The van der Waals surface area contributed by atoms with Gasteiger partial charge in [-0.05, 0) is 73.0 Å². The zero-order valence-electron chi connectivity index (χ0n) is 20.8. The van der Waals surface area contributed by atoms with Crippen LogP contribution in [0.15, 0.2) is 60.0 Å². The standard InChI is InChI=1S/C29H32FN3O2S/c1-20-7-3-4-10-24(20)27-25-12-18-36-26(25)11-15-33(27)21(2)28(34)31-13-6-14-32(17-16-31)29(35)22-8-5-9-23(30)19-22/h3-5,7-10,12,18-19,21,27H,6,11,13-17H2,1-2H3/t21-,27+/m1/s1. The molecule has 2 aliphatic heterocycles. The van der Waals surface area contributed by atoms with Crippen molar-refractivity contribution in [2.45, 2.75) is 38.8 Å². The summed E-state index contributed by atoms with van der Waals surface area (Å²) >= 11 is 1.80. The molecule has 1 aromatic heterocycles. The predicted molar refractivity (Wildman–Crippen MR) is 141 cm³/mol. The Kier molecular flexibility index (Phi) is 7.21. The van der Waals surface area contributed by atoms with Gasteiger partial charge >= 0.3 is 0 Å². The first-order valence-corrected chi connectivity index (χ1v) is 13.5. The van der Waals surface area contributed by atoms with Gasteiger partial charge < -0.3 is 9.80 Å². The van der Waals surface area contributed by atoms with Crippen molar-refractivity contribution in [2.75, 3.05) is 32.7 Å². The highest BCUT2D eigenvalue weighted by Gasteiger charge is 2.37. The van der Waals surface area contributed by atoms with Crippen molar-refractivity contribution >= 4 is 23.2 Å². The minimum Gasteiger partial charge on any atom is -0.340 e. The summed E-state index contributed by atoms with van der Waals surface area (Å²) in [4.78, 5) is 34.1. The maximum atomic E-state index is 13.8. The van der Waals surface area contributed by atoms with Crippen molar-refractivity contribution < 1.29 is 14.0 Å². The van der Waals surface area contributed by atoms with Gasteiger partial charge in [-0.2, -0.15) is 0 Å². The average molecular weight is 506 g/mol. The molecule has 0 unspecified atom stereocenters. The zero-order chi connectivity index (χ0) is 25.2. The Morgan fingerprint density at radius 1 is 0.944 bits per heavy atom. The third-order valence-corrected chi connectivity index (χ3v) is 8.50. The van der Waals surface area contributed by atoms with Crippen LogP contribution in [0.3, 0.4) is 0 Å². The molecule has 2 amide bonds. The number of carbonyl (C=O) groups excluding carboxylic acids is 2. The number of nitrogens with zero attached hydrogens (tertiary/aromatic N) is 3. The first-order chi connectivity index (χ1) is 17.4. The highest BCUT2D eigenvalue weighted by molar-refractivity contribution is 7.10. The molecule has 0 saturated carbocycles. The molecule has 0 aliphatic carbocycles. The first-order valence-electron chi connectivity index (χ1n) is 12.6. The van der Waals surface area contributed by atoms with E-state index in [0.717, 1.165) is 13.0 Å². The van der Waals surface area contributed by atoms with Crippen LogP contribution in [0.5, 0.6) is 0 Å². The molecule has 1 saturated heterocycles. The number of aryl methyl sites for hydroxylation is 1. The van der Waals surface area contributed by atoms with Gasteiger partial charge in [-0.15, -0.1) is 11.3 Å². The average Bonchev–Trinajstić information content (AvgIpc) is 3.23. The lowest BCUT2D eigenvalue weighted by molar-refractivity contribution is -0.137. The summed E-state index contributed by atoms with van der Waals surface area (Å²) in [6, 6.07) is 16.2. The van der Waals surface area contributed by atoms with Crippen LogP contribution in [0.4, 0.5) is 4.39 Å². The van der Waals surface area contributed by atoms with Crippen molar-refractivity contribution in [2.24, 2.45) is 0 Å². The Hall–Kier alpha value is -3.03. The zero-order valence-corrected chi connectivity index (χ0v) is 21.6. The van der Waals surface area contributed by atoms with Gasteiger partial charge in [0.15, 0.2) is 0 Å². The Bertz CT molecular complexity index is 1260. The molecule has 2 aliphatic rings. The summed E-state index contributed by atoms with van der Waals surface area (Å²) in [6.07, 6.45) is 1.65. The van der Waals surface area contributed by atoms with E-state index in [9.17, 15) is 14.0 Å². The number of amides is 2. The number of carbonyl (C=O) groups is 2. The van der Waals surface area contributed by atoms with Gasteiger partial charge in [-0.3, -0.25) is 14.5 Å². The summed E-state index contributed by atoms with van der Waals surface area (Å²) in [5, 5.41) is 2.16. The molecule has 0 N–H and O–H groups in total. The highest BCUT2D eigenvalue weighted by Crippen LogP contribution is 2.40. The van der Waals surface area contributed by atoms with E-state index in [4.69, 9.17) is 0 Å². The Morgan fingerprint density at radius 3 is 2.53 bits per heavy atom. The Labute approximate surface area is 216 Å². The van der Waals surface area contributed by atoms with Crippen molar-refractivity contribution in [1.29, 1.82) is 0 Å². The fraction of sp³-hybridized carbons (Fsp3) is 0.379. The van der Waals surface area contributed by atoms with Gasteiger partial charge in [-0.25, -0.2) is 4.39 Å². The number of hydrogen-bond acceptors (Lipinski definition) is 4. The van der Waals surface area contributed by atoms with E-state index < -0.39 is 5.82 Å². The third kappa shape index (κ3) is 4.82. The fourth-order valence-corrected chi connectivity index (χ4v) is 6.45. The predicted octanol–water partition coefficient (Wildman–Crippen LogP) is 4.91. The molecule has 5 rings (SSSR count). The molecule has 0 spiro atoms. The molecule has 188 valence electrons. The van der Waals surface area contributed by atoms with Crippen LogP contribution in [-0.4, -0.2) is 65.3 Å². The maximum absolute atomic E-state index is 13.8. The van der Waals surface area contributed by atoms with E-state index in [-0.39, 0.29) is 23.9 Å². The molecule has 1 fully saturated rings. The number of fused-ring (bicyclic) bond motifs is 1. The molecule has 0 radical (unpaired) electrons. The lowest BCUT2D eigenvalue weighted by Crippen LogP contribution is -2.51. The maximum Gasteiger partial charge on any atom is 0.254 e. The van der Waals surface area contributed by atoms with E-state index in [0.29, 0.717) is 38.2 Å². The van der Waals surface area contributed by atoms with Gasteiger partial charge in [0.05, 0.1) is 12.1 Å². The summed E-state index contributed by atoms with van der Waals surface area (Å²) < 4.78 is 13.6. The van der Waals surface area contributed by atoms with E-state index in [1.54, 1.807) is 28.4 Å². The molecular weight excluding hydrogens is 473 g/mol. The molecule has 3 aromatic rings. The number of benzene rings is 2. The topological polar surface area (TPSA) is 43.9 Å². The molecule has 7 heteroatoms. The lowest BCUT2D eigenvalue weighted by Gasteiger charge is -2.41. The van der Waals surface area contributed by atoms with Gasteiger partial charge in [0.1, 0.15) is 5.82 Å². The van der Waals surface area contributed by atoms with Crippen molar-refractivity contribution in [1.82, 2.24) is 14.7 Å². The summed E-state index contributed by atoms with van der Waals surface area (Å²) in [7, 11) is 0. The van der Waals surface area contributed by atoms with Gasteiger partial charge in [-0.1, -0.05) is 30.3 Å². The van der Waals surface area contributed by atoms with Crippen molar-refractivity contribution in [3.05, 3.63) is 92.9 Å². The third-order valence-electron chi connectivity index (χ3n) is 7.51. The van der Waals surface area contributed by atoms with Gasteiger partial charge in [0.25, 0.3) is 5.91 Å². The molecular formula is C29H32FN3O2S. The second-order valence-electron chi connectivity index (χ2n) is 9.70. The molecule has 2 atom stereocenters. The van der Waals surface area contributed by atoms with E-state index in [1.807, 2.05) is 11.8 Å². The normalized spacial score (nSPS) is 19.5. The van der Waals surface area contributed by atoms with Crippen molar-refractivity contribution in [3.8, 4) is 0 Å². The Balaban J connectivity index is 1.32. The van der Waals surface area contributed by atoms with Crippen LogP contribution in [0.25, 0.3) is 0 Å². The monoisotopic (exact) mass is 505 g/mol. The summed E-state index contributed by atoms with van der Waals surface area (Å²) in [6.45, 7) is 7.09. The lowest BCUT2D eigenvalue weighted by atomic mass is 9.89. The first kappa shape index (κ1) is 24.7. The Morgan fingerprint density at radius 2 is 1.72 bits per heavy atom. The summed E-state index contributed by atoms with van der Waals surface area (Å²) in [5.41, 5.74) is 4.14. The minimum atomic E-state index is -0.417. The van der Waals surface area contributed by atoms with Crippen LogP contribution in [0.2, 0.25) is 0 Å². The van der Waals surface area contributed by atoms with Crippen LogP contribution in [0.1, 0.15) is 51.3 Å². The van der Waals surface area contributed by atoms with Crippen LogP contribution < -0.4 is 0 Å².